The van der Waals surface area contributed by atoms with E-state index in [2.05, 4.69) is 4.84 Å². The SMILES string of the molecule is Cc1c(N)c(ON)cc(N)c1C(=O)c1c(N)cccc1N. The van der Waals surface area contributed by atoms with Crippen LogP contribution in [0.4, 0.5) is 22.7 Å². The van der Waals surface area contributed by atoms with Gasteiger partial charge in [-0.05, 0) is 24.6 Å². The molecule has 0 spiro atoms. The van der Waals surface area contributed by atoms with Gasteiger partial charge in [0.2, 0.25) is 0 Å². The van der Waals surface area contributed by atoms with Gasteiger partial charge in [-0.25, -0.2) is 0 Å². The number of hydrogen-bond acceptors (Lipinski definition) is 7. The highest BCUT2D eigenvalue weighted by Gasteiger charge is 2.23. The number of hydrogen-bond donors (Lipinski definition) is 5. The number of carbonyl (C=O) groups is 1. The Morgan fingerprint density at radius 3 is 2.10 bits per heavy atom. The summed E-state index contributed by atoms with van der Waals surface area (Å²) in [5.41, 5.74) is 25.3. The maximum Gasteiger partial charge on any atom is 0.199 e. The third kappa shape index (κ3) is 2.30. The Hall–Kier alpha value is -2.93. The van der Waals surface area contributed by atoms with Gasteiger partial charge in [0.1, 0.15) is 0 Å². The summed E-state index contributed by atoms with van der Waals surface area (Å²) < 4.78 is 0. The second-order valence-corrected chi connectivity index (χ2v) is 4.64. The molecule has 0 aromatic heterocycles. The molecule has 2 aromatic carbocycles. The van der Waals surface area contributed by atoms with E-state index in [-0.39, 0.29) is 39.6 Å². The number of anilines is 4. The molecule has 10 N–H and O–H groups in total. The number of carbonyl (C=O) groups excluding carboxylic acids is 1. The van der Waals surface area contributed by atoms with Crippen molar-refractivity contribution in [3.8, 4) is 5.75 Å². The molecule has 0 saturated heterocycles. The van der Waals surface area contributed by atoms with E-state index in [4.69, 9.17) is 28.8 Å². The van der Waals surface area contributed by atoms with E-state index < -0.39 is 5.78 Å². The van der Waals surface area contributed by atoms with Crippen molar-refractivity contribution in [3.05, 3.63) is 41.0 Å². The van der Waals surface area contributed by atoms with Gasteiger partial charge in [0.05, 0.1) is 16.8 Å². The lowest BCUT2D eigenvalue weighted by molar-refractivity contribution is 0.104. The predicted octanol–water partition coefficient (Wildman–Crippen LogP) is 0.807. The molecular formula is C14H17N5O2. The number of nitrogen functional groups attached to an aromatic ring is 4. The molecule has 2 aromatic rings. The first-order chi connectivity index (χ1) is 9.88. The van der Waals surface area contributed by atoms with Gasteiger partial charge in [0.15, 0.2) is 11.5 Å². The fraction of sp³-hybridized carbons (Fsp3) is 0.0714. The molecule has 0 radical (unpaired) electrons. The van der Waals surface area contributed by atoms with Crippen molar-refractivity contribution >= 4 is 28.5 Å². The molecule has 0 amide bonds. The van der Waals surface area contributed by atoms with Crippen molar-refractivity contribution in [2.75, 3.05) is 22.9 Å². The van der Waals surface area contributed by atoms with Crippen LogP contribution in [0.2, 0.25) is 0 Å². The van der Waals surface area contributed by atoms with Crippen molar-refractivity contribution in [1.29, 1.82) is 0 Å². The molecular weight excluding hydrogens is 270 g/mol. The summed E-state index contributed by atoms with van der Waals surface area (Å²) >= 11 is 0. The van der Waals surface area contributed by atoms with Crippen LogP contribution in [0, 0.1) is 6.92 Å². The zero-order valence-electron chi connectivity index (χ0n) is 11.5. The minimum Gasteiger partial charge on any atom is -0.409 e. The van der Waals surface area contributed by atoms with Crippen LogP contribution in [0.3, 0.4) is 0 Å². The lowest BCUT2D eigenvalue weighted by Gasteiger charge is -2.15. The van der Waals surface area contributed by atoms with Crippen molar-refractivity contribution < 1.29 is 9.63 Å². The van der Waals surface area contributed by atoms with Gasteiger partial charge in [-0.1, -0.05) is 6.07 Å². The van der Waals surface area contributed by atoms with E-state index in [1.165, 1.54) is 6.07 Å². The Kier molecular flexibility index (Phi) is 3.60. The molecule has 0 aliphatic carbocycles. The van der Waals surface area contributed by atoms with Crippen molar-refractivity contribution in [2.24, 2.45) is 5.90 Å². The Labute approximate surface area is 121 Å². The monoisotopic (exact) mass is 287 g/mol. The summed E-state index contributed by atoms with van der Waals surface area (Å²) in [5, 5.41) is 0. The van der Waals surface area contributed by atoms with E-state index >= 15 is 0 Å². The maximum atomic E-state index is 12.7. The Morgan fingerprint density at radius 1 is 1.00 bits per heavy atom. The summed E-state index contributed by atoms with van der Waals surface area (Å²) in [6.45, 7) is 1.65. The largest absolute Gasteiger partial charge is 0.409 e. The molecule has 7 heteroatoms. The lowest BCUT2D eigenvalue weighted by atomic mass is 9.94. The highest BCUT2D eigenvalue weighted by molar-refractivity contribution is 6.19. The molecule has 0 unspecified atom stereocenters. The van der Waals surface area contributed by atoms with Gasteiger partial charge in [-0.3, -0.25) is 4.79 Å². The molecule has 0 aliphatic rings. The van der Waals surface area contributed by atoms with E-state index in [1.807, 2.05) is 0 Å². The lowest BCUT2D eigenvalue weighted by Crippen LogP contribution is -2.15. The zero-order valence-corrected chi connectivity index (χ0v) is 11.5. The van der Waals surface area contributed by atoms with Crippen LogP contribution in [-0.2, 0) is 0 Å². The van der Waals surface area contributed by atoms with Gasteiger partial charge < -0.3 is 27.8 Å². The number of benzene rings is 2. The smallest absolute Gasteiger partial charge is 0.199 e. The van der Waals surface area contributed by atoms with Crippen LogP contribution in [0.25, 0.3) is 0 Å². The fourth-order valence-electron chi connectivity index (χ4n) is 2.20. The molecule has 0 heterocycles. The van der Waals surface area contributed by atoms with Crippen LogP contribution in [0.15, 0.2) is 24.3 Å². The minimum atomic E-state index is -0.393. The average Bonchev–Trinajstić information content (AvgIpc) is 2.42. The Bertz CT molecular complexity index is 708. The minimum absolute atomic E-state index is 0.190. The quantitative estimate of drug-likeness (QED) is 0.317. The highest BCUT2D eigenvalue weighted by Crippen LogP contribution is 2.35. The standard InChI is InChI=1S/C14H17N5O2/c1-6-11(9(17)5-10(21-19)13(6)18)14(20)12-7(15)3-2-4-8(12)16/h2-5H,15-19H2,1H3. The molecule has 21 heavy (non-hydrogen) atoms. The molecule has 110 valence electrons. The summed E-state index contributed by atoms with van der Waals surface area (Å²) in [7, 11) is 0. The van der Waals surface area contributed by atoms with E-state index in [1.54, 1.807) is 25.1 Å². The fourth-order valence-corrected chi connectivity index (χ4v) is 2.20. The Morgan fingerprint density at radius 2 is 1.57 bits per heavy atom. The van der Waals surface area contributed by atoms with Crippen molar-refractivity contribution in [2.45, 2.75) is 6.92 Å². The first-order valence-electron chi connectivity index (χ1n) is 6.12. The summed E-state index contributed by atoms with van der Waals surface area (Å²) in [5.74, 6) is 4.92. The average molecular weight is 287 g/mol. The van der Waals surface area contributed by atoms with Gasteiger partial charge in [-0.2, -0.15) is 5.90 Å². The van der Waals surface area contributed by atoms with Crippen molar-refractivity contribution in [1.82, 2.24) is 0 Å². The topological polar surface area (TPSA) is 156 Å². The molecule has 0 bridgehead atoms. The molecule has 0 fully saturated rings. The second-order valence-electron chi connectivity index (χ2n) is 4.64. The third-order valence-corrected chi connectivity index (χ3v) is 3.33. The highest BCUT2D eigenvalue weighted by atomic mass is 16.6. The summed E-state index contributed by atoms with van der Waals surface area (Å²) in [4.78, 5) is 17.3. The first-order valence-corrected chi connectivity index (χ1v) is 6.12. The van der Waals surface area contributed by atoms with Crippen LogP contribution < -0.4 is 33.7 Å². The molecule has 0 saturated carbocycles. The normalized spacial score (nSPS) is 10.4. The van der Waals surface area contributed by atoms with Crippen LogP contribution in [0.1, 0.15) is 21.5 Å². The zero-order chi connectivity index (χ0) is 15.7. The van der Waals surface area contributed by atoms with Gasteiger partial charge in [0, 0.05) is 23.1 Å². The molecule has 2 rings (SSSR count). The summed E-state index contributed by atoms with van der Waals surface area (Å²) in [6, 6.07) is 6.24. The Balaban J connectivity index is 2.68. The van der Waals surface area contributed by atoms with Crippen LogP contribution >= 0.6 is 0 Å². The van der Waals surface area contributed by atoms with Gasteiger partial charge in [-0.15, -0.1) is 0 Å². The van der Waals surface area contributed by atoms with Crippen molar-refractivity contribution in [3.63, 3.8) is 0 Å². The van der Waals surface area contributed by atoms with Crippen LogP contribution in [0.5, 0.6) is 5.75 Å². The van der Waals surface area contributed by atoms with E-state index in [0.717, 1.165) is 0 Å². The molecule has 0 aliphatic heterocycles. The summed E-state index contributed by atoms with van der Waals surface area (Å²) in [6.07, 6.45) is 0. The third-order valence-electron chi connectivity index (χ3n) is 3.33. The number of ketones is 1. The number of nitrogens with two attached hydrogens (primary N) is 5. The maximum absolute atomic E-state index is 12.7. The van der Waals surface area contributed by atoms with Gasteiger partial charge in [0.25, 0.3) is 0 Å². The first kappa shape index (κ1) is 14.5. The second kappa shape index (κ2) is 5.22. The predicted molar refractivity (Wildman–Crippen MR) is 83.5 cm³/mol. The number of rotatable bonds is 3. The van der Waals surface area contributed by atoms with E-state index in [9.17, 15) is 4.79 Å². The molecule has 7 nitrogen and oxygen atoms in total. The van der Waals surface area contributed by atoms with E-state index in [0.29, 0.717) is 5.56 Å². The van der Waals surface area contributed by atoms with Crippen LogP contribution in [-0.4, -0.2) is 5.78 Å². The van der Waals surface area contributed by atoms with Gasteiger partial charge >= 0.3 is 0 Å². The molecule has 0 atom stereocenters.